The van der Waals surface area contributed by atoms with E-state index in [-0.39, 0.29) is 24.3 Å². The SMILES string of the molecule is CN(C)C[C@H]1C[C@@H](c2ncc(-c3ccc(-c4ccc5cc(-c6cnc([C@@H]7CCCN7C(=O)OC(C)(C)C)[nH]6)ccc5c4)cc3)[nH]2)N(C(=O)OC(C)(C)C)C1. The number of aromatic nitrogens is 4. The number of fused-ring (bicyclic) bond motifs is 1. The van der Waals surface area contributed by atoms with Crippen LogP contribution in [0, 0.1) is 5.92 Å². The van der Waals surface area contributed by atoms with Gasteiger partial charge in [-0.2, -0.15) is 0 Å². The summed E-state index contributed by atoms with van der Waals surface area (Å²) in [5.74, 6) is 1.90. The number of nitrogens with zero attached hydrogens (tertiary/aromatic N) is 5. The highest BCUT2D eigenvalue weighted by atomic mass is 16.6. The summed E-state index contributed by atoms with van der Waals surface area (Å²) < 4.78 is 11.4. The molecule has 284 valence electrons. The Labute approximate surface area is 318 Å². The van der Waals surface area contributed by atoms with Crippen LogP contribution >= 0.6 is 0 Å². The van der Waals surface area contributed by atoms with Gasteiger partial charge in [-0.15, -0.1) is 0 Å². The van der Waals surface area contributed by atoms with Crippen molar-refractivity contribution < 1.29 is 19.1 Å². The summed E-state index contributed by atoms with van der Waals surface area (Å²) in [6.45, 7) is 13.5. The maximum atomic E-state index is 13.2. The number of imidazole rings is 2. The average molecular weight is 732 g/mol. The summed E-state index contributed by atoms with van der Waals surface area (Å²) in [7, 11) is 4.12. The average Bonchev–Trinajstić information content (AvgIpc) is 3.92. The third-order valence-corrected chi connectivity index (χ3v) is 10.0. The fraction of sp³-hybridized carbons (Fsp3) is 0.442. The van der Waals surface area contributed by atoms with Gasteiger partial charge in [0, 0.05) is 25.2 Å². The second kappa shape index (κ2) is 14.6. The van der Waals surface area contributed by atoms with Crippen molar-refractivity contribution in [2.45, 2.75) is 84.1 Å². The van der Waals surface area contributed by atoms with Gasteiger partial charge in [0.25, 0.3) is 0 Å². The van der Waals surface area contributed by atoms with Crippen LogP contribution in [0.4, 0.5) is 9.59 Å². The molecule has 4 heterocycles. The molecular weight excluding hydrogens is 679 g/mol. The van der Waals surface area contributed by atoms with Crippen LogP contribution in [0.2, 0.25) is 0 Å². The fourth-order valence-electron chi connectivity index (χ4n) is 7.68. The number of carbonyl (C=O) groups excluding carboxylic acids is 2. The first-order valence-corrected chi connectivity index (χ1v) is 19.0. The second-order valence-corrected chi connectivity index (χ2v) is 17.1. The van der Waals surface area contributed by atoms with Crippen LogP contribution in [0.3, 0.4) is 0 Å². The number of rotatable bonds is 7. The molecule has 54 heavy (non-hydrogen) atoms. The van der Waals surface area contributed by atoms with E-state index < -0.39 is 11.2 Å². The zero-order chi connectivity index (χ0) is 38.4. The normalized spacial score (nSPS) is 19.2. The summed E-state index contributed by atoms with van der Waals surface area (Å²) in [6.07, 6.45) is 5.71. The molecule has 2 aliphatic heterocycles. The lowest BCUT2D eigenvalue weighted by atomic mass is 9.98. The maximum Gasteiger partial charge on any atom is 0.410 e. The summed E-state index contributed by atoms with van der Waals surface area (Å²) >= 11 is 0. The zero-order valence-corrected chi connectivity index (χ0v) is 32.8. The van der Waals surface area contributed by atoms with Crippen LogP contribution in [0.5, 0.6) is 0 Å². The lowest BCUT2D eigenvalue weighted by molar-refractivity contribution is 0.0205. The molecule has 0 spiro atoms. The topological polar surface area (TPSA) is 120 Å². The molecule has 3 atom stereocenters. The molecule has 0 aliphatic carbocycles. The Morgan fingerprint density at radius 1 is 0.722 bits per heavy atom. The Kier molecular flexibility index (Phi) is 10.0. The molecule has 2 aromatic heterocycles. The van der Waals surface area contributed by atoms with Crippen LogP contribution in [-0.4, -0.2) is 91.8 Å². The lowest BCUT2D eigenvalue weighted by Crippen LogP contribution is -2.37. The van der Waals surface area contributed by atoms with Crippen LogP contribution < -0.4 is 0 Å². The molecule has 5 aromatic rings. The molecule has 11 heteroatoms. The van der Waals surface area contributed by atoms with Gasteiger partial charge in [-0.25, -0.2) is 19.6 Å². The van der Waals surface area contributed by atoms with Gasteiger partial charge < -0.3 is 24.3 Å². The molecule has 3 aromatic carbocycles. The van der Waals surface area contributed by atoms with Crippen molar-refractivity contribution in [3.63, 3.8) is 0 Å². The van der Waals surface area contributed by atoms with Crippen LogP contribution in [-0.2, 0) is 9.47 Å². The van der Waals surface area contributed by atoms with E-state index in [9.17, 15) is 9.59 Å². The largest absolute Gasteiger partial charge is 0.444 e. The molecular formula is C43H53N7O4. The van der Waals surface area contributed by atoms with E-state index in [1.54, 1.807) is 4.90 Å². The first-order chi connectivity index (χ1) is 25.6. The highest BCUT2D eigenvalue weighted by Crippen LogP contribution is 2.37. The molecule has 0 unspecified atom stereocenters. The van der Waals surface area contributed by atoms with Crippen molar-refractivity contribution >= 4 is 23.0 Å². The third kappa shape index (κ3) is 8.31. The zero-order valence-electron chi connectivity index (χ0n) is 32.8. The van der Waals surface area contributed by atoms with Gasteiger partial charge in [0.05, 0.1) is 35.9 Å². The van der Waals surface area contributed by atoms with E-state index in [0.29, 0.717) is 19.0 Å². The van der Waals surface area contributed by atoms with Gasteiger partial charge in [-0.1, -0.05) is 48.5 Å². The lowest BCUT2D eigenvalue weighted by Gasteiger charge is -2.27. The fourth-order valence-corrected chi connectivity index (χ4v) is 7.68. The number of carbonyl (C=O) groups is 2. The Morgan fingerprint density at radius 2 is 1.24 bits per heavy atom. The van der Waals surface area contributed by atoms with Crippen molar-refractivity contribution in [2.75, 3.05) is 33.7 Å². The number of aromatic amines is 2. The molecule has 11 nitrogen and oxygen atoms in total. The highest BCUT2D eigenvalue weighted by Gasteiger charge is 2.40. The monoisotopic (exact) mass is 731 g/mol. The van der Waals surface area contributed by atoms with Gasteiger partial charge in [0.15, 0.2) is 0 Å². The summed E-state index contributed by atoms with van der Waals surface area (Å²) in [5, 5.41) is 2.27. The number of ether oxygens (including phenoxy) is 2. The number of likely N-dealkylation sites (tertiary alicyclic amines) is 2. The summed E-state index contributed by atoms with van der Waals surface area (Å²) in [6, 6.07) is 21.1. The van der Waals surface area contributed by atoms with Gasteiger partial charge in [-0.3, -0.25) is 9.80 Å². The van der Waals surface area contributed by atoms with Crippen LogP contribution in [0.25, 0.3) is 44.4 Å². The molecule has 7 rings (SSSR count). The number of hydrogen-bond donors (Lipinski definition) is 2. The quantitative estimate of drug-likeness (QED) is 0.171. The van der Waals surface area contributed by atoms with Crippen molar-refractivity contribution in [2.24, 2.45) is 5.92 Å². The predicted molar refractivity (Wildman–Crippen MR) is 212 cm³/mol. The molecule has 2 amide bonds. The van der Waals surface area contributed by atoms with Gasteiger partial charge in [-0.05, 0) is 120 Å². The predicted octanol–water partition coefficient (Wildman–Crippen LogP) is 9.22. The minimum absolute atomic E-state index is 0.124. The van der Waals surface area contributed by atoms with E-state index in [0.717, 1.165) is 81.9 Å². The third-order valence-electron chi connectivity index (χ3n) is 10.0. The smallest absolute Gasteiger partial charge is 0.410 e. The van der Waals surface area contributed by atoms with Gasteiger partial charge in [0.1, 0.15) is 22.9 Å². The number of nitrogens with one attached hydrogen (secondary N) is 2. The van der Waals surface area contributed by atoms with Crippen LogP contribution in [0.1, 0.15) is 84.5 Å². The first-order valence-electron chi connectivity index (χ1n) is 19.0. The number of hydrogen-bond acceptors (Lipinski definition) is 7. The van der Waals surface area contributed by atoms with Crippen LogP contribution in [0.15, 0.2) is 73.1 Å². The molecule has 2 aliphatic rings. The summed E-state index contributed by atoms with van der Waals surface area (Å²) in [5.41, 5.74) is 5.04. The Hall–Kier alpha value is -5.16. The molecule has 0 saturated carbocycles. The van der Waals surface area contributed by atoms with E-state index >= 15 is 0 Å². The maximum absolute atomic E-state index is 13.2. The minimum atomic E-state index is -0.569. The number of H-pyrrole nitrogens is 2. The number of amides is 2. The van der Waals surface area contributed by atoms with E-state index in [1.165, 1.54) is 0 Å². The second-order valence-electron chi connectivity index (χ2n) is 17.1. The van der Waals surface area contributed by atoms with E-state index in [1.807, 2.05) is 58.8 Å². The Morgan fingerprint density at radius 3 is 1.85 bits per heavy atom. The number of benzene rings is 3. The van der Waals surface area contributed by atoms with E-state index in [2.05, 4.69) is 94.6 Å². The minimum Gasteiger partial charge on any atom is -0.444 e. The Balaban J connectivity index is 1.04. The molecule has 0 bridgehead atoms. The standard InChI is InChI=1S/C43H53N7O4/c1-42(2,3)53-40(51)49-19-9-10-36(49)38-44-24-35(47-38)33-18-17-31-21-30(15-16-32(31)22-33)28-11-13-29(14-12-28)34-23-45-39(46-34)37-20-27(25-48(7)8)26-50(37)41(52)54-43(4,5)6/h11-18,21-24,27,36-37H,9-10,19-20,25-26H2,1-8H3,(H,44,47)(H,45,46)/t27-,36+,37+/m1/s1. The molecule has 2 fully saturated rings. The van der Waals surface area contributed by atoms with Gasteiger partial charge >= 0.3 is 12.2 Å². The van der Waals surface area contributed by atoms with Crippen molar-refractivity contribution in [1.29, 1.82) is 0 Å². The van der Waals surface area contributed by atoms with Crippen molar-refractivity contribution in [3.05, 3.63) is 84.7 Å². The van der Waals surface area contributed by atoms with Crippen molar-refractivity contribution in [3.8, 4) is 33.6 Å². The highest BCUT2D eigenvalue weighted by molar-refractivity contribution is 5.90. The van der Waals surface area contributed by atoms with Gasteiger partial charge in [0.2, 0.25) is 0 Å². The summed E-state index contributed by atoms with van der Waals surface area (Å²) in [4.78, 5) is 48.3. The Bertz CT molecular complexity index is 2120. The van der Waals surface area contributed by atoms with Crippen molar-refractivity contribution in [1.82, 2.24) is 34.6 Å². The molecule has 2 saturated heterocycles. The van der Waals surface area contributed by atoms with E-state index in [4.69, 9.17) is 14.5 Å². The first kappa shape index (κ1) is 37.2. The molecule has 0 radical (unpaired) electrons. The molecule has 2 N–H and O–H groups in total.